The van der Waals surface area contributed by atoms with Crippen LogP contribution in [0.4, 0.5) is 0 Å². The van der Waals surface area contributed by atoms with Gasteiger partial charge in [0.2, 0.25) is 0 Å². The fraction of sp³-hybridized carbons (Fsp3) is 0.154. The van der Waals surface area contributed by atoms with Crippen LogP contribution in [0.5, 0.6) is 0 Å². The number of halogens is 2. The third-order valence-electron chi connectivity index (χ3n) is 5.85. The van der Waals surface area contributed by atoms with Crippen LogP contribution < -0.4 is 5.32 Å². The van der Waals surface area contributed by atoms with E-state index in [-0.39, 0.29) is 23.9 Å². The molecule has 0 unspecified atom stereocenters. The molecule has 0 aliphatic heterocycles. The lowest BCUT2D eigenvalue weighted by molar-refractivity contribution is 0.0944. The Morgan fingerprint density at radius 3 is 2.56 bits per heavy atom. The second kappa shape index (κ2) is 9.89. The summed E-state index contributed by atoms with van der Waals surface area (Å²) in [5.41, 5.74) is 1.99. The van der Waals surface area contributed by atoms with Gasteiger partial charge in [-0.1, -0.05) is 60.5 Å². The molecule has 10 heteroatoms. The van der Waals surface area contributed by atoms with Crippen molar-refractivity contribution in [2.45, 2.75) is 26.8 Å². The van der Waals surface area contributed by atoms with E-state index in [1.54, 1.807) is 28.8 Å². The van der Waals surface area contributed by atoms with Gasteiger partial charge in [-0.2, -0.15) is 0 Å². The molecule has 182 valence electrons. The number of nitrogens with zero attached hydrogens (tertiary/aromatic N) is 3. The SMILES string of the molecule is CCc1cc(C(=O)c2ccccc2Cl)c(-n2c(C)nnc2CNC(=O)c2[nH]c3ccccc3c2Cl)s1. The van der Waals surface area contributed by atoms with Gasteiger partial charge in [-0.25, -0.2) is 0 Å². The number of fused-ring (bicyclic) bond motifs is 1. The maximum Gasteiger partial charge on any atom is 0.269 e. The summed E-state index contributed by atoms with van der Waals surface area (Å²) in [5.74, 6) is 0.544. The van der Waals surface area contributed by atoms with Gasteiger partial charge < -0.3 is 10.3 Å². The molecule has 0 aliphatic carbocycles. The second-order valence-corrected chi connectivity index (χ2v) is 10.0. The van der Waals surface area contributed by atoms with E-state index < -0.39 is 0 Å². The van der Waals surface area contributed by atoms with Crippen molar-refractivity contribution in [2.24, 2.45) is 0 Å². The Labute approximate surface area is 221 Å². The van der Waals surface area contributed by atoms with Gasteiger partial charge in [-0.15, -0.1) is 21.5 Å². The summed E-state index contributed by atoms with van der Waals surface area (Å²) in [6, 6.07) is 16.3. The van der Waals surface area contributed by atoms with Crippen LogP contribution in [0.3, 0.4) is 0 Å². The summed E-state index contributed by atoms with van der Waals surface area (Å²) in [6.07, 6.45) is 0.763. The highest BCUT2D eigenvalue weighted by Gasteiger charge is 2.24. The van der Waals surface area contributed by atoms with E-state index in [0.29, 0.717) is 37.8 Å². The molecule has 7 nitrogen and oxygen atoms in total. The Kier molecular flexibility index (Phi) is 6.66. The molecule has 1 amide bonds. The van der Waals surface area contributed by atoms with Crippen molar-refractivity contribution in [3.8, 4) is 5.00 Å². The number of aromatic amines is 1. The van der Waals surface area contributed by atoms with Crippen LogP contribution in [-0.2, 0) is 13.0 Å². The van der Waals surface area contributed by atoms with Crippen molar-refractivity contribution < 1.29 is 9.59 Å². The number of benzene rings is 2. The fourth-order valence-corrected chi connectivity index (χ4v) is 5.70. The maximum absolute atomic E-state index is 13.5. The van der Waals surface area contributed by atoms with Crippen molar-refractivity contribution >= 4 is 57.1 Å². The number of aromatic nitrogens is 4. The first-order chi connectivity index (χ1) is 17.4. The number of rotatable bonds is 7. The number of carbonyl (C=O) groups is 2. The van der Waals surface area contributed by atoms with Crippen molar-refractivity contribution in [2.75, 3.05) is 0 Å². The van der Waals surface area contributed by atoms with Gasteiger partial charge in [0.25, 0.3) is 5.91 Å². The molecule has 3 heterocycles. The zero-order valence-corrected chi connectivity index (χ0v) is 21.8. The predicted octanol–water partition coefficient (Wildman–Crippen LogP) is 6.15. The first kappa shape index (κ1) is 24.2. The first-order valence-corrected chi connectivity index (χ1v) is 12.8. The fourth-order valence-electron chi connectivity index (χ4n) is 4.02. The van der Waals surface area contributed by atoms with E-state index in [4.69, 9.17) is 23.2 Å². The number of aryl methyl sites for hydroxylation is 2. The molecule has 0 saturated heterocycles. The third kappa shape index (κ3) is 4.32. The number of H-pyrrole nitrogens is 1. The number of para-hydroxylation sites is 1. The molecule has 0 fully saturated rings. The Balaban J connectivity index is 1.47. The molecule has 2 N–H and O–H groups in total. The van der Waals surface area contributed by atoms with Crippen LogP contribution in [0.1, 0.15) is 49.9 Å². The number of carbonyl (C=O) groups excluding carboxylic acids is 2. The Morgan fingerprint density at radius 2 is 1.81 bits per heavy atom. The molecule has 0 bridgehead atoms. The van der Waals surface area contributed by atoms with Crippen LogP contribution in [-0.4, -0.2) is 31.4 Å². The van der Waals surface area contributed by atoms with Crippen molar-refractivity contribution in [3.05, 3.63) is 98.0 Å². The van der Waals surface area contributed by atoms with Gasteiger partial charge in [0, 0.05) is 21.3 Å². The monoisotopic (exact) mass is 537 g/mol. The van der Waals surface area contributed by atoms with E-state index in [1.165, 1.54) is 11.3 Å². The average Bonchev–Trinajstić information content (AvgIpc) is 3.57. The van der Waals surface area contributed by atoms with Crippen molar-refractivity contribution in [1.82, 2.24) is 25.1 Å². The van der Waals surface area contributed by atoms with Gasteiger partial charge >= 0.3 is 0 Å². The molecule has 36 heavy (non-hydrogen) atoms. The lowest BCUT2D eigenvalue weighted by atomic mass is 10.0. The lowest BCUT2D eigenvalue weighted by Gasteiger charge is -2.10. The number of hydrogen-bond acceptors (Lipinski definition) is 5. The molecule has 0 saturated carbocycles. The van der Waals surface area contributed by atoms with E-state index in [0.717, 1.165) is 22.2 Å². The first-order valence-electron chi connectivity index (χ1n) is 11.3. The molecule has 0 aliphatic rings. The highest BCUT2D eigenvalue weighted by Crippen LogP contribution is 2.32. The van der Waals surface area contributed by atoms with Crippen LogP contribution in [0.25, 0.3) is 15.9 Å². The minimum atomic E-state index is -0.365. The normalized spacial score (nSPS) is 11.2. The summed E-state index contributed by atoms with van der Waals surface area (Å²) >= 11 is 14.3. The molecule has 2 aromatic carbocycles. The standard InChI is InChI=1S/C26H21Cl2N5O2S/c1-3-15-12-18(24(34)16-8-4-6-10-19(16)27)26(36-15)33-14(2)31-32-21(33)13-29-25(35)23-22(28)17-9-5-7-11-20(17)30-23/h4-12,30H,3,13H2,1-2H3,(H,29,35). The highest BCUT2D eigenvalue weighted by molar-refractivity contribution is 7.15. The lowest BCUT2D eigenvalue weighted by Crippen LogP contribution is -2.25. The minimum absolute atomic E-state index is 0.0877. The van der Waals surface area contributed by atoms with E-state index >= 15 is 0 Å². The van der Waals surface area contributed by atoms with Crippen LogP contribution in [0, 0.1) is 6.92 Å². The minimum Gasteiger partial charge on any atom is -0.349 e. The molecular weight excluding hydrogens is 517 g/mol. The van der Waals surface area contributed by atoms with Crippen molar-refractivity contribution in [1.29, 1.82) is 0 Å². The van der Waals surface area contributed by atoms with Gasteiger partial charge in [-0.05, 0) is 37.6 Å². The molecule has 0 spiro atoms. The van der Waals surface area contributed by atoms with Gasteiger partial charge in [0.1, 0.15) is 16.5 Å². The van der Waals surface area contributed by atoms with Crippen LogP contribution in [0.2, 0.25) is 10.0 Å². The number of thiophene rings is 1. The maximum atomic E-state index is 13.5. The summed E-state index contributed by atoms with van der Waals surface area (Å²) in [4.78, 5) is 30.6. The largest absolute Gasteiger partial charge is 0.349 e. The molecular formula is C26H21Cl2N5O2S. The van der Waals surface area contributed by atoms with Crippen LogP contribution in [0.15, 0.2) is 54.6 Å². The molecule has 3 aromatic heterocycles. The van der Waals surface area contributed by atoms with Crippen molar-refractivity contribution in [3.63, 3.8) is 0 Å². The Morgan fingerprint density at radius 1 is 1.06 bits per heavy atom. The third-order valence-corrected chi connectivity index (χ3v) is 7.83. The van der Waals surface area contributed by atoms with Gasteiger partial charge in [0.15, 0.2) is 11.6 Å². The summed E-state index contributed by atoms with van der Waals surface area (Å²) < 4.78 is 1.81. The van der Waals surface area contributed by atoms with Gasteiger partial charge in [0.05, 0.1) is 22.2 Å². The summed E-state index contributed by atoms with van der Waals surface area (Å²) in [6.45, 7) is 3.93. The quantitative estimate of drug-likeness (QED) is 0.243. The second-order valence-electron chi connectivity index (χ2n) is 8.14. The highest BCUT2D eigenvalue weighted by atomic mass is 35.5. The zero-order chi connectivity index (χ0) is 25.4. The number of nitrogens with one attached hydrogen (secondary N) is 2. The Hall–Kier alpha value is -3.46. The smallest absolute Gasteiger partial charge is 0.269 e. The molecule has 0 radical (unpaired) electrons. The molecule has 5 aromatic rings. The van der Waals surface area contributed by atoms with E-state index in [9.17, 15) is 9.59 Å². The van der Waals surface area contributed by atoms with Gasteiger partial charge in [-0.3, -0.25) is 14.2 Å². The average molecular weight is 538 g/mol. The van der Waals surface area contributed by atoms with E-state index in [2.05, 4.69) is 20.5 Å². The zero-order valence-electron chi connectivity index (χ0n) is 19.4. The molecule has 0 atom stereocenters. The summed E-state index contributed by atoms with van der Waals surface area (Å²) in [5, 5.41) is 13.6. The number of ketones is 1. The topological polar surface area (TPSA) is 92.7 Å². The molecule has 5 rings (SSSR count). The van der Waals surface area contributed by atoms with E-state index in [1.807, 2.05) is 44.2 Å². The number of hydrogen-bond donors (Lipinski definition) is 2. The Bertz CT molecular complexity index is 1620. The summed E-state index contributed by atoms with van der Waals surface area (Å²) in [7, 11) is 0. The van der Waals surface area contributed by atoms with Crippen LogP contribution >= 0.6 is 34.5 Å². The predicted molar refractivity (Wildman–Crippen MR) is 143 cm³/mol. The number of amides is 1.